The lowest BCUT2D eigenvalue weighted by Crippen LogP contribution is -2.50. The number of hydrogen-bond acceptors (Lipinski definition) is 7. The number of benzene rings is 1. The van der Waals surface area contributed by atoms with Crippen molar-refractivity contribution in [1.82, 2.24) is 19.7 Å². The van der Waals surface area contributed by atoms with Gasteiger partial charge in [0.1, 0.15) is 17.0 Å². The Morgan fingerprint density at radius 1 is 1.05 bits per heavy atom. The van der Waals surface area contributed by atoms with Crippen LogP contribution in [0.15, 0.2) is 36.5 Å². The normalized spacial score (nSPS) is 19.2. The minimum Gasteiger partial charge on any atom is -0.444 e. The summed E-state index contributed by atoms with van der Waals surface area (Å²) in [6.07, 6.45) is 0.815. The molecule has 2 aromatic heterocycles. The van der Waals surface area contributed by atoms with E-state index in [1.54, 1.807) is 4.90 Å². The van der Waals surface area contributed by atoms with E-state index >= 15 is 0 Å². The first kappa shape index (κ1) is 30.2. The summed E-state index contributed by atoms with van der Waals surface area (Å²) in [6, 6.07) is 7.23. The van der Waals surface area contributed by atoms with Gasteiger partial charge in [0.2, 0.25) is 0 Å². The van der Waals surface area contributed by atoms with E-state index in [-0.39, 0.29) is 23.2 Å². The van der Waals surface area contributed by atoms with Gasteiger partial charge in [0.05, 0.1) is 36.1 Å². The van der Waals surface area contributed by atoms with Gasteiger partial charge in [-0.2, -0.15) is 18.3 Å². The molecule has 44 heavy (non-hydrogen) atoms. The number of amides is 2. The van der Waals surface area contributed by atoms with Crippen LogP contribution < -0.4 is 10.2 Å². The van der Waals surface area contributed by atoms with E-state index in [4.69, 9.17) is 14.6 Å². The van der Waals surface area contributed by atoms with Crippen LogP contribution in [-0.4, -0.2) is 76.7 Å². The largest absolute Gasteiger partial charge is 0.444 e. The van der Waals surface area contributed by atoms with Crippen molar-refractivity contribution in [2.45, 2.75) is 64.3 Å². The van der Waals surface area contributed by atoms with Crippen LogP contribution in [0, 0.1) is 5.41 Å². The molecule has 3 fully saturated rings. The SMILES string of the molecule is CC(C)(C)OC(=O)N1CCC2(CC1)CC(n1cc3cc(NC(=O)c4cccc(C(F)(F)F)n4)c(N4CCOCC4)cc3n1)C2. The second-order valence-corrected chi connectivity index (χ2v) is 13.0. The molecule has 1 aromatic carbocycles. The fourth-order valence-corrected chi connectivity index (χ4v) is 6.36. The van der Waals surface area contributed by atoms with Crippen LogP contribution in [-0.2, 0) is 15.7 Å². The highest BCUT2D eigenvalue weighted by atomic mass is 19.4. The molecule has 2 saturated heterocycles. The average Bonchev–Trinajstić information content (AvgIpc) is 3.37. The highest BCUT2D eigenvalue weighted by Crippen LogP contribution is 2.55. The molecule has 0 atom stereocenters. The number of anilines is 2. The number of carbonyl (C=O) groups excluding carboxylic acids is 2. The average molecular weight is 615 g/mol. The van der Waals surface area contributed by atoms with E-state index in [1.807, 2.05) is 43.8 Å². The van der Waals surface area contributed by atoms with Crippen molar-refractivity contribution in [3.63, 3.8) is 0 Å². The maximum atomic E-state index is 13.2. The number of rotatable bonds is 4. The second-order valence-electron chi connectivity index (χ2n) is 13.0. The number of morpholine rings is 1. The van der Waals surface area contributed by atoms with Crippen molar-refractivity contribution >= 4 is 34.3 Å². The Kier molecular flexibility index (Phi) is 7.71. The van der Waals surface area contributed by atoms with E-state index in [0.29, 0.717) is 45.1 Å². The minimum absolute atomic E-state index is 0.178. The third-order valence-corrected chi connectivity index (χ3v) is 8.70. The summed E-state index contributed by atoms with van der Waals surface area (Å²) in [5.41, 5.74) is 0.188. The van der Waals surface area contributed by atoms with E-state index in [0.717, 1.165) is 48.3 Å². The third kappa shape index (κ3) is 6.33. The standard InChI is InChI=1S/C31H37F3N6O4/c1-29(2,3)44-28(42)39-9-7-30(8-10-39)17-21(18-30)40-19-20-15-24(25(16-23(20)37-40)38-11-13-43-14-12-38)36-27(41)22-5-4-6-26(35-22)31(32,33)34/h4-6,15-16,19,21H,7-14,17-18H2,1-3H3,(H,36,41). The van der Waals surface area contributed by atoms with Gasteiger partial charge in [-0.15, -0.1) is 0 Å². The van der Waals surface area contributed by atoms with Gasteiger partial charge < -0.3 is 24.6 Å². The lowest BCUT2D eigenvalue weighted by molar-refractivity contribution is -0.141. The topological polar surface area (TPSA) is 102 Å². The maximum Gasteiger partial charge on any atom is 0.433 e. The zero-order valence-corrected chi connectivity index (χ0v) is 25.1. The number of ether oxygens (including phenoxy) is 2. The number of alkyl halides is 3. The number of carbonyl (C=O) groups is 2. The number of piperidine rings is 1. The smallest absolute Gasteiger partial charge is 0.433 e. The van der Waals surface area contributed by atoms with Gasteiger partial charge in [-0.05, 0) is 76.1 Å². The van der Waals surface area contributed by atoms with Crippen LogP contribution in [0.4, 0.5) is 29.3 Å². The van der Waals surface area contributed by atoms with E-state index in [2.05, 4.69) is 15.2 Å². The molecule has 1 aliphatic carbocycles. The number of fused-ring (bicyclic) bond motifs is 1. The molecule has 1 spiro atoms. The van der Waals surface area contributed by atoms with Crippen molar-refractivity contribution in [3.8, 4) is 0 Å². The molecule has 236 valence electrons. The van der Waals surface area contributed by atoms with E-state index in [9.17, 15) is 22.8 Å². The Morgan fingerprint density at radius 2 is 1.75 bits per heavy atom. The van der Waals surface area contributed by atoms with Crippen molar-refractivity contribution < 1.29 is 32.2 Å². The van der Waals surface area contributed by atoms with Gasteiger partial charge in [-0.3, -0.25) is 9.48 Å². The van der Waals surface area contributed by atoms with Gasteiger partial charge in [0, 0.05) is 37.8 Å². The number of pyridine rings is 1. The zero-order chi connectivity index (χ0) is 31.3. The summed E-state index contributed by atoms with van der Waals surface area (Å²) in [6.45, 7) is 9.20. The monoisotopic (exact) mass is 614 g/mol. The summed E-state index contributed by atoms with van der Waals surface area (Å²) in [5.74, 6) is -0.726. The number of likely N-dealkylation sites (tertiary alicyclic amines) is 1. The molecule has 6 rings (SSSR count). The number of aromatic nitrogens is 3. The lowest BCUT2D eigenvalue weighted by Gasteiger charge is -2.52. The van der Waals surface area contributed by atoms with Crippen LogP contribution in [0.2, 0.25) is 0 Å². The van der Waals surface area contributed by atoms with Crippen molar-refractivity contribution in [2.75, 3.05) is 49.6 Å². The fraction of sp³-hybridized carbons (Fsp3) is 0.548. The van der Waals surface area contributed by atoms with Gasteiger partial charge in [0.25, 0.3) is 5.91 Å². The molecule has 1 N–H and O–H groups in total. The van der Waals surface area contributed by atoms with Crippen LogP contribution in [0.5, 0.6) is 0 Å². The molecular formula is C31H37F3N6O4. The first-order chi connectivity index (χ1) is 20.8. The first-order valence-corrected chi connectivity index (χ1v) is 15.0. The Balaban J connectivity index is 1.19. The summed E-state index contributed by atoms with van der Waals surface area (Å²) in [7, 11) is 0. The van der Waals surface area contributed by atoms with Gasteiger partial charge in [0.15, 0.2) is 0 Å². The molecule has 0 radical (unpaired) electrons. The summed E-state index contributed by atoms with van der Waals surface area (Å²) >= 11 is 0. The Morgan fingerprint density at radius 3 is 2.41 bits per heavy atom. The van der Waals surface area contributed by atoms with Crippen LogP contribution >= 0.6 is 0 Å². The molecule has 10 nitrogen and oxygen atoms in total. The minimum atomic E-state index is -4.65. The predicted molar refractivity (Wildman–Crippen MR) is 158 cm³/mol. The molecular weight excluding hydrogens is 577 g/mol. The van der Waals surface area contributed by atoms with E-state index < -0.39 is 23.4 Å². The Labute approximate surface area is 253 Å². The molecule has 3 aromatic rings. The van der Waals surface area contributed by atoms with Crippen LogP contribution in [0.3, 0.4) is 0 Å². The summed E-state index contributed by atoms with van der Waals surface area (Å²) in [5, 5.41) is 8.51. The number of nitrogens with one attached hydrogen (secondary N) is 1. The molecule has 2 aliphatic heterocycles. The highest BCUT2D eigenvalue weighted by Gasteiger charge is 2.48. The summed E-state index contributed by atoms with van der Waals surface area (Å²) in [4.78, 5) is 33.0. The molecule has 0 bridgehead atoms. The second kappa shape index (κ2) is 11.2. The highest BCUT2D eigenvalue weighted by molar-refractivity contribution is 6.06. The van der Waals surface area contributed by atoms with Gasteiger partial charge in [-0.25, -0.2) is 9.78 Å². The molecule has 1 saturated carbocycles. The number of halogens is 3. The fourth-order valence-electron chi connectivity index (χ4n) is 6.36. The molecule has 4 heterocycles. The Bertz CT molecular complexity index is 1540. The maximum absolute atomic E-state index is 13.2. The molecule has 0 unspecified atom stereocenters. The summed E-state index contributed by atoms with van der Waals surface area (Å²) < 4.78 is 52.7. The first-order valence-electron chi connectivity index (χ1n) is 15.0. The number of hydrogen-bond donors (Lipinski definition) is 1. The zero-order valence-electron chi connectivity index (χ0n) is 25.1. The lowest BCUT2D eigenvalue weighted by atomic mass is 9.60. The third-order valence-electron chi connectivity index (χ3n) is 8.70. The van der Waals surface area contributed by atoms with Crippen LogP contribution in [0.25, 0.3) is 10.9 Å². The van der Waals surface area contributed by atoms with Crippen molar-refractivity contribution in [1.29, 1.82) is 0 Å². The Hall–Kier alpha value is -3.87. The van der Waals surface area contributed by atoms with Crippen molar-refractivity contribution in [2.24, 2.45) is 5.41 Å². The quantitative estimate of drug-likeness (QED) is 0.391. The predicted octanol–water partition coefficient (Wildman–Crippen LogP) is 5.89. The van der Waals surface area contributed by atoms with E-state index in [1.165, 1.54) is 12.1 Å². The van der Waals surface area contributed by atoms with Crippen molar-refractivity contribution in [3.05, 3.63) is 47.9 Å². The number of nitrogens with zero attached hydrogens (tertiary/aromatic N) is 5. The van der Waals surface area contributed by atoms with Gasteiger partial charge in [-0.1, -0.05) is 6.07 Å². The van der Waals surface area contributed by atoms with Gasteiger partial charge >= 0.3 is 12.3 Å². The molecule has 3 aliphatic rings. The molecule has 2 amide bonds. The van der Waals surface area contributed by atoms with Crippen LogP contribution in [0.1, 0.15) is 68.7 Å². The molecule has 13 heteroatoms.